The number of rotatable bonds is 2. The number of benzene rings is 2. The average Bonchev–Trinajstić information content (AvgIpc) is 2.82. The smallest absolute Gasteiger partial charge is 0.201 e. The lowest BCUT2D eigenvalue weighted by molar-refractivity contribution is -0.115. The second-order valence-electron chi connectivity index (χ2n) is 4.70. The van der Waals surface area contributed by atoms with Crippen LogP contribution in [0.1, 0.15) is 23.7 Å². The van der Waals surface area contributed by atoms with Gasteiger partial charge in [-0.3, -0.25) is 4.79 Å². The van der Waals surface area contributed by atoms with Crippen LogP contribution in [-0.2, 0) is 9.53 Å². The highest BCUT2D eigenvalue weighted by Gasteiger charge is 2.30. The summed E-state index contributed by atoms with van der Waals surface area (Å²) in [4.78, 5) is 12.0. The van der Waals surface area contributed by atoms with Gasteiger partial charge in [0, 0.05) is 0 Å². The topological polar surface area (TPSA) is 26.3 Å². The van der Waals surface area contributed by atoms with E-state index in [-0.39, 0.29) is 17.7 Å². The van der Waals surface area contributed by atoms with E-state index in [9.17, 15) is 9.18 Å². The number of ether oxygens (including phenoxy) is 1. The van der Waals surface area contributed by atoms with Crippen LogP contribution in [0, 0.1) is 5.82 Å². The molecule has 100 valence electrons. The predicted molar refractivity (Wildman–Crippen MR) is 74.3 cm³/mol. The average molecular weight is 268 g/mol. The molecule has 0 bridgehead atoms. The molecule has 2 aromatic rings. The molecule has 3 rings (SSSR count). The summed E-state index contributed by atoms with van der Waals surface area (Å²) < 4.78 is 18.6. The number of allylic oxidation sites excluding steroid dienone is 1. The second kappa shape index (κ2) is 5.29. The van der Waals surface area contributed by atoms with Crippen LogP contribution in [0.4, 0.5) is 4.39 Å². The first kappa shape index (κ1) is 12.6. The van der Waals surface area contributed by atoms with Crippen LogP contribution in [0.5, 0.6) is 0 Å². The van der Waals surface area contributed by atoms with Gasteiger partial charge < -0.3 is 4.74 Å². The van der Waals surface area contributed by atoms with E-state index in [0.717, 1.165) is 11.1 Å². The summed E-state index contributed by atoms with van der Waals surface area (Å²) in [6.45, 7) is 0. The maximum atomic E-state index is 12.9. The monoisotopic (exact) mass is 268 g/mol. The fourth-order valence-corrected chi connectivity index (χ4v) is 2.21. The van der Waals surface area contributed by atoms with E-state index in [1.54, 1.807) is 18.2 Å². The van der Waals surface area contributed by atoms with Gasteiger partial charge >= 0.3 is 0 Å². The molecule has 0 aromatic heterocycles. The van der Waals surface area contributed by atoms with Gasteiger partial charge in [-0.25, -0.2) is 4.39 Å². The summed E-state index contributed by atoms with van der Waals surface area (Å²) in [5, 5.41) is 0. The standard InChI is InChI=1S/C17H13FO2/c18-14-8-6-13(7-9-14)16-11-15(19)17(20-16)10-12-4-2-1-3-5-12/h1-10,16H,11H2/b17-10-/t16-/m1/s1. The van der Waals surface area contributed by atoms with Gasteiger partial charge in [-0.05, 0) is 29.3 Å². The number of halogens is 1. The highest BCUT2D eigenvalue weighted by Crippen LogP contribution is 2.33. The number of ketones is 1. The summed E-state index contributed by atoms with van der Waals surface area (Å²) in [5.74, 6) is 0.0480. The molecular formula is C17H13FO2. The molecule has 0 unspecified atom stereocenters. The van der Waals surface area contributed by atoms with Crippen molar-refractivity contribution in [1.82, 2.24) is 0 Å². The molecule has 0 spiro atoms. The fourth-order valence-electron chi connectivity index (χ4n) is 2.21. The number of hydrogen-bond donors (Lipinski definition) is 0. The quantitative estimate of drug-likeness (QED) is 0.772. The lowest BCUT2D eigenvalue weighted by Crippen LogP contribution is -1.95. The molecule has 1 aliphatic heterocycles. The number of hydrogen-bond acceptors (Lipinski definition) is 2. The third-order valence-corrected chi connectivity index (χ3v) is 3.25. The maximum Gasteiger partial charge on any atom is 0.201 e. The third-order valence-electron chi connectivity index (χ3n) is 3.25. The van der Waals surface area contributed by atoms with E-state index in [1.165, 1.54) is 12.1 Å². The van der Waals surface area contributed by atoms with Crippen molar-refractivity contribution in [2.24, 2.45) is 0 Å². The number of carbonyl (C=O) groups is 1. The molecule has 1 saturated heterocycles. The molecule has 1 fully saturated rings. The molecule has 0 N–H and O–H groups in total. The molecule has 2 nitrogen and oxygen atoms in total. The van der Waals surface area contributed by atoms with Gasteiger partial charge in [-0.15, -0.1) is 0 Å². The SMILES string of the molecule is O=C1C[C@H](c2ccc(F)cc2)O/C1=C\c1ccccc1. The van der Waals surface area contributed by atoms with Crippen LogP contribution in [0.3, 0.4) is 0 Å². The van der Waals surface area contributed by atoms with Crippen LogP contribution >= 0.6 is 0 Å². The minimum atomic E-state index is -0.321. The minimum Gasteiger partial charge on any atom is -0.481 e. The van der Waals surface area contributed by atoms with Crippen molar-refractivity contribution in [3.05, 3.63) is 77.3 Å². The summed E-state index contributed by atoms with van der Waals surface area (Å²) in [6, 6.07) is 15.6. The van der Waals surface area contributed by atoms with E-state index in [1.807, 2.05) is 30.3 Å². The lowest BCUT2D eigenvalue weighted by atomic mass is 10.1. The Balaban J connectivity index is 1.82. The third kappa shape index (κ3) is 2.62. The maximum absolute atomic E-state index is 12.9. The molecule has 0 amide bonds. The normalized spacial score (nSPS) is 20.1. The van der Waals surface area contributed by atoms with Gasteiger partial charge in [0.25, 0.3) is 0 Å². The van der Waals surface area contributed by atoms with Crippen LogP contribution < -0.4 is 0 Å². The molecule has 0 aliphatic carbocycles. The zero-order valence-corrected chi connectivity index (χ0v) is 10.8. The molecular weight excluding hydrogens is 255 g/mol. The van der Waals surface area contributed by atoms with E-state index >= 15 is 0 Å². The van der Waals surface area contributed by atoms with Crippen molar-refractivity contribution in [3.8, 4) is 0 Å². The van der Waals surface area contributed by atoms with Crippen molar-refractivity contribution >= 4 is 11.9 Å². The lowest BCUT2D eigenvalue weighted by Gasteiger charge is -2.09. The molecule has 1 aliphatic rings. The molecule has 0 saturated carbocycles. The zero-order chi connectivity index (χ0) is 13.9. The van der Waals surface area contributed by atoms with Crippen molar-refractivity contribution in [2.75, 3.05) is 0 Å². The van der Waals surface area contributed by atoms with Crippen LogP contribution in [0.25, 0.3) is 6.08 Å². The van der Waals surface area contributed by atoms with Crippen molar-refractivity contribution in [2.45, 2.75) is 12.5 Å². The predicted octanol–water partition coefficient (Wildman–Crippen LogP) is 3.90. The Kier molecular flexibility index (Phi) is 3.33. The largest absolute Gasteiger partial charge is 0.481 e. The minimum absolute atomic E-state index is 0.0248. The fraction of sp³-hybridized carbons (Fsp3) is 0.118. The zero-order valence-electron chi connectivity index (χ0n) is 10.8. The Morgan fingerprint density at radius 3 is 2.45 bits per heavy atom. The van der Waals surface area contributed by atoms with Crippen LogP contribution in [-0.4, -0.2) is 5.78 Å². The molecule has 20 heavy (non-hydrogen) atoms. The first-order valence-corrected chi connectivity index (χ1v) is 6.44. The highest BCUT2D eigenvalue weighted by molar-refractivity contribution is 5.99. The number of carbonyl (C=O) groups excluding carboxylic acids is 1. The molecule has 1 heterocycles. The van der Waals surface area contributed by atoms with Gasteiger partial charge in [0.15, 0.2) is 5.76 Å². The second-order valence-corrected chi connectivity index (χ2v) is 4.70. The van der Waals surface area contributed by atoms with E-state index < -0.39 is 0 Å². The molecule has 2 aromatic carbocycles. The molecule has 3 heteroatoms. The van der Waals surface area contributed by atoms with Gasteiger partial charge in [-0.2, -0.15) is 0 Å². The molecule has 0 radical (unpaired) electrons. The van der Waals surface area contributed by atoms with E-state index in [2.05, 4.69) is 0 Å². The van der Waals surface area contributed by atoms with Gasteiger partial charge in [0.05, 0.1) is 6.42 Å². The van der Waals surface area contributed by atoms with Gasteiger partial charge in [0.2, 0.25) is 5.78 Å². The van der Waals surface area contributed by atoms with E-state index in [0.29, 0.717) is 12.2 Å². The van der Waals surface area contributed by atoms with Crippen molar-refractivity contribution < 1.29 is 13.9 Å². The van der Waals surface area contributed by atoms with Crippen molar-refractivity contribution in [1.29, 1.82) is 0 Å². The Morgan fingerprint density at radius 2 is 1.75 bits per heavy atom. The Bertz CT molecular complexity index is 644. The summed E-state index contributed by atoms with van der Waals surface area (Å²) in [5.41, 5.74) is 1.74. The summed E-state index contributed by atoms with van der Waals surface area (Å²) >= 11 is 0. The van der Waals surface area contributed by atoms with Crippen LogP contribution in [0.2, 0.25) is 0 Å². The van der Waals surface area contributed by atoms with Gasteiger partial charge in [0.1, 0.15) is 11.9 Å². The highest BCUT2D eigenvalue weighted by atomic mass is 19.1. The Morgan fingerprint density at radius 1 is 1.05 bits per heavy atom. The van der Waals surface area contributed by atoms with Crippen LogP contribution in [0.15, 0.2) is 60.4 Å². The van der Waals surface area contributed by atoms with Crippen molar-refractivity contribution in [3.63, 3.8) is 0 Å². The number of Topliss-reactive ketones (excluding diaryl/α,β-unsaturated/α-hetero) is 1. The summed E-state index contributed by atoms with van der Waals surface area (Å²) in [7, 11) is 0. The first-order valence-electron chi connectivity index (χ1n) is 6.44. The summed E-state index contributed by atoms with van der Waals surface area (Å²) in [6.07, 6.45) is 1.72. The Hall–Kier alpha value is -2.42. The Labute approximate surface area is 116 Å². The first-order chi connectivity index (χ1) is 9.72. The van der Waals surface area contributed by atoms with Gasteiger partial charge in [-0.1, -0.05) is 42.5 Å². The molecule has 1 atom stereocenters. The van der Waals surface area contributed by atoms with E-state index in [4.69, 9.17) is 4.74 Å².